The molecule has 3 aliphatic rings. The number of aromatic amines is 1. The van der Waals surface area contributed by atoms with Crippen molar-refractivity contribution in [3.8, 4) is 0 Å². The number of ether oxygens (including phenoxy) is 2. The molecular weight excluding hydrogens is 904 g/mol. The van der Waals surface area contributed by atoms with E-state index in [0.29, 0.717) is 34.4 Å². The van der Waals surface area contributed by atoms with Crippen molar-refractivity contribution in [1.82, 2.24) is 4.98 Å². The van der Waals surface area contributed by atoms with Crippen molar-refractivity contribution in [3.63, 3.8) is 0 Å². The number of esters is 2. The van der Waals surface area contributed by atoms with Crippen LogP contribution in [0.2, 0.25) is 0 Å². The van der Waals surface area contributed by atoms with Crippen LogP contribution in [0.4, 0.5) is 5.82 Å². The van der Waals surface area contributed by atoms with E-state index < -0.39 is 23.3 Å². The number of amidine groups is 1. The van der Waals surface area contributed by atoms with Gasteiger partial charge in [0.1, 0.15) is 30.1 Å². The third kappa shape index (κ3) is 14.1. The molecule has 1 aliphatic heterocycles. The fourth-order valence-electron chi connectivity index (χ4n) is 11.0. The Bertz CT molecular complexity index is 2040. The molecule has 2 saturated carbocycles. The summed E-state index contributed by atoms with van der Waals surface area (Å²) >= 11 is 0. The van der Waals surface area contributed by atoms with Crippen LogP contribution >= 0.6 is 0 Å². The molecule has 2 amide bonds. The van der Waals surface area contributed by atoms with Gasteiger partial charge in [-0.3, -0.25) is 9.59 Å². The summed E-state index contributed by atoms with van der Waals surface area (Å²) in [6.45, 7) is 45.0. The summed E-state index contributed by atoms with van der Waals surface area (Å²) in [6.07, 6.45) is 4.85. The van der Waals surface area contributed by atoms with E-state index in [9.17, 15) is 9.59 Å². The van der Waals surface area contributed by atoms with Gasteiger partial charge in [0.05, 0.1) is 19.7 Å². The minimum Gasteiger partial charge on any atom is -0.458 e. The Morgan fingerprint density at radius 2 is 1.12 bits per heavy atom. The van der Waals surface area contributed by atoms with Crippen molar-refractivity contribution in [3.05, 3.63) is 39.0 Å². The summed E-state index contributed by atoms with van der Waals surface area (Å²) in [5, 5.41) is 8.10. The largest absolute Gasteiger partial charge is 2.00 e. The van der Waals surface area contributed by atoms with E-state index in [-0.39, 0.29) is 124 Å². The zero-order valence-corrected chi connectivity index (χ0v) is 49.9. The van der Waals surface area contributed by atoms with E-state index in [4.69, 9.17) is 14.8 Å². The van der Waals surface area contributed by atoms with Gasteiger partial charge in [-0.25, -0.2) is 9.59 Å². The van der Waals surface area contributed by atoms with E-state index >= 15 is 9.59 Å². The Labute approximate surface area is 425 Å². The Balaban J connectivity index is 0.0000122. The number of nitrogens with zero attached hydrogens (tertiary/aromatic N) is 2. The molecular formula is C56H93N5O6Zn+2. The van der Waals surface area contributed by atoms with Gasteiger partial charge in [0, 0.05) is 34.8 Å². The van der Waals surface area contributed by atoms with Gasteiger partial charge in [-0.2, -0.15) is 0 Å². The number of H-pyrrole nitrogens is 1. The molecule has 4 rings (SSSR count). The van der Waals surface area contributed by atoms with Gasteiger partial charge in [-0.05, 0) is 99.8 Å². The zero-order valence-electron chi connectivity index (χ0n) is 46.9. The minimum absolute atomic E-state index is 0. The number of rotatable bonds is 10. The summed E-state index contributed by atoms with van der Waals surface area (Å²) in [5.41, 5.74) is 1.38. The van der Waals surface area contributed by atoms with Gasteiger partial charge in [-0.1, -0.05) is 145 Å². The first-order valence-corrected chi connectivity index (χ1v) is 25.4. The van der Waals surface area contributed by atoms with Crippen molar-refractivity contribution in [2.75, 3.05) is 26.0 Å². The number of quaternary nitrogens is 1. The molecule has 0 radical (unpaired) electrons. The first-order valence-electron chi connectivity index (χ1n) is 25.4. The number of aromatic nitrogens is 1. The van der Waals surface area contributed by atoms with E-state index in [1.807, 2.05) is 68.6 Å². The molecule has 12 heteroatoms. The number of carbonyl (C=O) groups is 4. The number of aliphatic imine (C=N–C) groups is 1. The second kappa shape index (κ2) is 21.7. The Morgan fingerprint density at radius 3 is 1.47 bits per heavy atom. The van der Waals surface area contributed by atoms with E-state index in [0.717, 1.165) is 30.6 Å². The van der Waals surface area contributed by atoms with Crippen molar-refractivity contribution in [1.29, 1.82) is 0 Å². The fraction of sp³-hybridized carbons (Fsp3) is 0.768. The summed E-state index contributed by atoms with van der Waals surface area (Å²) in [7, 11) is 3.75. The van der Waals surface area contributed by atoms with E-state index in [2.05, 4.69) is 112 Å². The molecule has 378 valence electrons. The van der Waals surface area contributed by atoms with Crippen LogP contribution in [0, 0.1) is 68.5 Å². The van der Waals surface area contributed by atoms with Crippen LogP contribution in [0.3, 0.4) is 0 Å². The molecule has 0 bridgehead atoms. The predicted molar refractivity (Wildman–Crippen MR) is 274 cm³/mol. The summed E-state index contributed by atoms with van der Waals surface area (Å²) in [4.78, 5) is 66.6. The summed E-state index contributed by atoms with van der Waals surface area (Å²) in [6, 6.07) is 0. The Morgan fingerprint density at radius 1 is 0.706 bits per heavy atom. The molecule has 3 N–H and O–H groups in total. The van der Waals surface area contributed by atoms with Gasteiger partial charge in [0.25, 0.3) is 0 Å². The number of nitrogens with one attached hydrogen (secondary N) is 3. The third-order valence-corrected chi connectivity index (χ3v) is 14.7. The monoisotopic (exact) mass is 996 g/mol. The topological polar surface area (TPSA) is 145 Å². The summed E-state index contributed by atoms with van der Waals surface area (Å²) < 4.78 is 13.7. The number of hydrogen-bond donors (Lipinski definition) is 3. The molecule has 2 fully saturated rings. The van der Waals surface area contributed by atoms with Crippen LogP contribution < -0.4 is 10.2 Å². The molecule has 2 aliphatic carbocycles. The maximum Gasteiger partial charge on any atom is 2.00 e. The van der Waals surface area contributed by atoms with Gasteiger partial charge in [-0.15, -0.1) is 0 Å². The van der Waals surface area contributed by atoms with Crippen molar-refractivity contribution in [2.24, 2.45) is 73.5 Å². The van der Waals surface area contributed by atoms with Gasteiger partial charge >= 0.3 is 31.4 Å². The molecule has 68 heavy (non-hydrogen) atoms. The SMILES string of the molecule is CC1CC(C(C)(C)C)C(OC(=O)C2=C(C(C)C)/C(=C/c3[nH]c(NC(=O)C(C)(C)C)c(C(=O)OC4C(C(C)(C)C)CC(C)CC4C(C)(C)C)c3C(C)C)[N-]C2=NC(=O)C[NH+](C)C)C(C(C)(C)C)C1.[Zn+2]. The van der Waals surface area contributed by atoms with Crippen LogP contribution in [-0.2, 0) is 43.3 Å². The number of anilines is 1. The molecule has 0 aromatic carbocycles. The Kier molecular flexibility index (Phi) is 18.9. The van der Waals surface area contributed by atoms with Crippen molar-refractivity contribution < 1.29 is 53.0 Å². The molecule has 1 aromatic heterocycles. The van der Waals surface area contributed by atoms with Crippen molar-refractivity contribution >= 4 is 41.5 Å². The fourth-order valence-corrected chi connectivity index (χ4v) is 11.0. The quantitative estimate of drug-likeness (QED) is 0.157. The maximum absolute atomic E-state index is 15.2. The van der Waals surface area contributed by atoms with Crippen LogP contribution in [0.15, 0.2) is 21.8 Å². The maximum atomic E-state index is 15.2. The number of allylic oxidation sites excluding steroid dienone is 1. The van der Waals surface area contributed by atoms with Crippen LogP contribution in [0.25, 0.3) is 11.4 Å². The molecule has 4 unspecified atom stereocenters. The van der Waals surface area contributed by atoms with Crippen molar-refractivity contribution in [2.45, 2.75) is 189 Å². The smallest absolute Gasteiger partial charge is 0.458 e. The zero-order chi connectivity index (χ0) is 51.3. The first-order chi connectivity index (χ1) is 30.3. The molecule has 2 heterocycles. The molecule has 0 spiro atoms. The Hall–Kier alpha value is -3.11. The van der Waals surface area contributed by atoms with Gasteiger partial charge in [0.15, 0.2) is 0 Å². The number of likely N-dealkylation sites (N-methyl/N-ethyl adjacent to an activating group) is 1. The molecule has 0 saturated heterocycles. The van der Waals surface area contributed by atoms with E-state index in [1.54, 1.807) is 0 Å². The number of carbonyl (C=O) groups excluding carboxylic acids is 4. The normalized spacial score (nSPS) is 26.6. The summed E-state index contributed by atoms with van der Waals surface area (Å²) in [5.74, 6) is -0.529. The van der Waals surface area contributed by atoms with E-state index in [1.165, 1.54) is 0 Å². The third-order valence-electron chi connectivity index (χ3n) is 14.7. The minimum atomic E-state index is -0.777. The number of hydrogen-bond acceptors (Lipinski definition) is 6. The van der Waals surface area contributed by atoms with Crippen LogP contribution in [0.5, 0.6) is 0 Å². The molecule has 4 atom stereocenters. The molecule has 1 aromatic rings. The van der Waals surface area contributed by atoms with Gasteiger partial charge < -0.3 is 35.0 Å². The standard InChI is InChI=1S/C56H93N5O6.Zn/c1-30(2)41-38(57-47(59-40(62)29-61(22)23)43(41)49(63)66-45-34(52(7,8)9)24-32(5)25-35(45)53(10,11)12)28-39-42(31(3)4)44(48(58-39)60-51(65)56(19,20)21)50(64)67-46-36(54(13,14)15)26-33(6)27-37(46)55(16,17)18;/h28,30-37,45-46H,24-27,29H2,1-23H3,(H3,57,58,59,60,62,63,64,65);/q;+2. The average molecular weight is 998 g/mol. The van der Waals surface area contributed by atoms with Gasteiger partial charge in [0.2, 0.25) is 11.8 Å². The number of amides is 2. The predicted octanol–water partition coefficient (Wildman–Crippen LogP) is 11.8. The molecule has 11 nitrogen and oxygen atoms in total. The van der Waals surface area contributed by atoms with Crippen LogP contribution in [-0.4, -0.2) is 67.4 Å². The second-order valence-electron chi connectivity index (χ2n) is 27.1. The average Bonchev–Trinajstić information content (AvgIpc) is 3.67. The first kappa shape index (κ1) is 59.2. The second-order valence-corrected chi connectivity index (χ2v) is 27.1. The van der Waals surface area contributed by atoms with Crippen LogP contribution in [0.1, 0.15) is 199 Å².